The van der Waals surface area contributed by atoms with Crippen molar-refractivity contribution in [3.05, 3.63) is 47.5 Å². The lowest BCUT2D eigenvalue weighted by atomic mass is 9.95. The lowest BCUT2D eigenvalue weighted by Gasteiger charge is -2.36. The van der Waals surface area contributed by atoms with E-state index in [0.29, 0.717) is 12.0 Å². The summed E-state index contributed by atoms with van der Waals surface area (Å²) in [5.74, 6) is 1.58. The molecule has 2 heterocycles. The second-order valence-corrected chi connectivity index (χ2v) is 6.04. The summed E-state index contributed by atoms with van der Waals surface area (Å²) in [4.78, 5) is 7.01. The third kappa shape index (κ3) is 2.14. The quantitative estimate of drug-likeness (QED) is 0.907. The van der Waals surface area contributed by atoms with Crippen molar-refractivity contribution in [2.45, 2.75) is 37.6 Å². The third-order valence-corrected chi connectivity index (χ3v) is 4.82. The molecule has 104 valence electrons. The number of nitrogens with one attached hydrogen (secondary N) is 1. The lowest BCUT2D eigenvalue weighted by Crippen LogP contribution is -2.42. The molecule has 20 heavy (non-hydrogen) atoms. The van der Waals surface area contributed by atoms with Gasteiger partial charge in [0.05, 0.1) is 0 Å². The number of H-pyrrole nitrogens is 1. The average Bonchev–Trinajstić information content (AvgIpc) is 3.16. The summed E-state index contributed by atoms with van der Waals surface area (Å²) in [6, 6.07) is 9.57. The Balaban J connectivity index is 1.47. The Morgan fingerprint density at radius 3 is 2.65 bits per heavy atom. The van der Waals surface area contributed by atoms with E-state index in [-0.39, 0.29) is 0 Å². The smallest absolute Gasteiger partial charge is 0.137 e. The van der Waals surface area contributed by atoms with E-state index in [1.165, 1.54) is 32.2 Å². The monoisotopic (exact) mass is 268 g/mol. The van der Waals surface area contributed by atoms with E-state index >= 15 is 0 Å². The second-order valence-electron chi connectivity index (χ2n) is 6.04. The summed E-state index contributed by atoms with van der Waals surface area (Å²) in [6.07, 6.45) is 6.53. The van der Waals surface area contributed by atoms with Gasteiger partial charge in [-0.2, -0.15) is 5.10 Å². The number of likely N-dealkylation sites (tertiary alicyclic amines) is 1. The van der Waals surface area contributed by atoms with Crippen LogP contribution < -0.4 is 0 Å². The predicted octanol–water partition coefficient (Wildman–Crippen LogP) is 2.15. The van der Waals surface area contributed by atoms with E-state index in [1.54, 1.807) is 17.5 Å². The molecule has 4 nitrogen and oxygen atoms in total. The van der Waals surface area contributed by atoms with E-state index in [9.17, 15) is 0 Å². The van der Waals surface area contributed by atoms with Gasteiger partial charge in [0.15, 0.2) is 0 Å². The maximum absolute atomic E-state index is 4.35. The number of aromatic nitrogens is 3. The number of nitrogens with zero attached hydrogens (tertiary/aromatic N) is 3. The minimum Gasteiger partial charge on any atom is -0.299 e. The molecule has 2 aliphatic rings. The van der Waals surface area contributed by atoms with Gasteiger partial charge < -0.3 is 0 Å². The van der Waals surface area contributed by atoms with E-state index in [1.807, 2.05) is 0 Å². The normalized spacial score (nSPS) is 23.9. The van der Waals surface area contributed by atoms with Crippen LogP contribution in [0.15, 0.2) is 30.6 Å². The van der Waals surface area contributed by atoms with E-state index in [4.69, 9.17) is 0 Å². The molecule has 4 heteroatoms. The molecule has 0 saturated carbocycles. The molecule has 1 aromatic carbocycles. The van der Waals surface area contributed by atoms with Crippen molar-refractivity contribution < 1.29 is 0 Å². The van der Waals surface area contributed by atoms with Gasteiger partial charge in [0, 0.05) is 18.5 Å². The van der Waals surface area contributed by atoms with Gasteiger partial charge >= 0.3 is 0 Å². The fourth-order valence-corrected chi connectivity index (χ4v) is 3.77. The minimum absolute atomic E-state index is 0.523. The molecule has 0 unspecified atom stereocenters. The van der Waals surface area contributed by atoms with Crippen molar-refractivity contribution >= 4 is 0 Å². The summed E-state index contributed by atoms with van der Waals surface area (Å²) >= 11 is 0. The van der Waals surface area contributed by atoms with Crippen LogP contribution in [0.25, 0.3) is 0 Å². The second kappa shape index (κ2) is 5.02. The average molecular weight is 268 g/mol. The highest BCUT2D eigenvalue weighted by Crippen LogP contribution is 2.31. The van der Waals surface area contributed by atoms with Gasteiger partial charge in [0.2, 0.25) is 0 Å². The molecule has 0 amide bonds. The van der Waals surface area contributed by atoms with Gasteiger partial charge in [0.1, 0.15) is 12.2 Å². The molecular weight excluding hydrogens is 248 g/mol. The fraction of sp³-hybridized carbons (Fsp3) is 0.500. The molecule has 1 saturated heterocycles. The zero-order valence-corrected chi connectivity index (χ0v) is 11.6. The summed E-state index contributed by atoms with van der Waals surface area (Å²) in [5, 5.41) is 7.05. The van der Waals surface area contributed by atoms with Gasteiger partial charge in [-0.05, 0) is 43.4 Å². The minimum atomic E-state index is 0.523. The first-order valence-corrected chi connectivity index (χ1v) is 7.56. The van der Waals surface area contributed by atoms with Crippen LogP contribution in [0.1, 0.15) is 35.7 Å². The number of hydrogen-bond acceptors (Lipinski definition) is 3. The molecule has 4 rings (SSSR count). The van der Waals surface area contributed by atoms with Crippen molar-refractivity contribution in [2.75, 3.05) is 13.1 Å². The summed E-state index contributed by atoms with van der Waals surface area (Å²) < 4.78 is 0. The number of fused-ring (bicyclic) bond motifs is 1. The standard InChI is InChI=1S/C16H20N4/c1-2-5-13-9-15(8-12(13)4-1)20-7-3-6-14(10-20)16-17-11-18-19-16/h1-2,4-5,11,14-15H,3,6-10H2,(H,17,18,19)/t14-/m0/s1. The van der Waals surface area contributed by atoms with E-state index in [2.05, 4.69) is 44.3 Å². The van der Waals surface area contributed by atoms with Crippen LogP contribution >= 0.6 is 0 Å². The van der Waals surface area contributed by atoms with Crippen LogP contribution in [0.2, 0.25) is 0 Å². The number of piperidine rings is 1. The molecule has 1 atom stereocenters. The van der Waals surface area contributed by atoms with Crippen molar-refractivity contribution in [2.24, 2.45) is 0 Å². The maximum Gasteiger partial charge on any atom is 0.137 e. The first kappa shape index (κ1) is 12.1. The molecule has 0 radical (unpaired) electrons. The number of benzene rings is 1. The topological polar surface area (TPSA) is 44.8 Å². The molecule has 0 spiro atoms. The van der Waals surface area contributed by atoms with Crippen LogP contribution in [0, 0.1) is 0 Å². The zero-order valence-electron chi connectivity index (χ0n) is 11.6. The van der Waals surface area contributed by atoms with Crippen molar-refractivity contribution in [1.29, 1.82) is 0 Å². The predicted molar refractivity (Wildman–Crippen MR) is 77.6 cm³/mol. The molecular formula is C16H20N4. The number of rotatable bonds is 2. The Bertz CT molecular complexity index is 553. The largest absolute Gasteiger partial charge is 0.299 e. The lowest BCUT2D eigenvalue weighted by molar-refractivity contribution is 0.149. The molecule has 1 aromatic heterocycles. The number of aromatic amines is 1. The van der Waals surface area contributed by atoms with Crippen molar-refractivity contribution in [3.8, 4) is 0 Å². The highest BCUT2D eigenvalue weighted by molar-refractivity contribution is 5.33. The highest BCUT2D eigenvalue weighted by Gasteiger charge is 2.31. The third-order valence-electron chi connectivity index (χ3n) is 4.82. The fourth-order valence-electron chi connectivity index (χ4n) is 3.77. The molecule has 0 bridgehead atoms. The van der Waals surface area contributed by atoms with Crippen LogP contribution in [0.4, 0.5) is 0 Å². The molecule has 2 aromatic rings. The summed E-state index contributed by atoms with van der Waals surface area (Å²) in [7, 11) is 0. The van der Waals surface area contributed by atoms with Crippen LogP contribution in [-0.4, -0.2) is 39.2 Å². The first-order valence-electron chi connectivity index (χ1n) is 7.56. The highest BCUT2D eigenvalue weighted by atomic mass is 15.2. The van der Waals surface area contributed by atoms with Gasteiger partial charge in [-0.15, -0.1) is 0 Å². The SMILES string of the molecule is c1ccc2c(c1)CC(N1CCC[C@H](c3ncn[nH]3)C1)C2. The number of hydrogen-bond donors (Lipinski definition) is 1. The van der Waals surface area contributed by atoms with E-state index < -0.39 is 0 Å². The van der Waals surface area contributed by atoms with Crippen LogP contribution in [0.3, 0.4) is 0 Å². The summed E-state index contributed by atoms with van der Waals surface area (Å²) in [6.45, 7) is 2.34. The van der Waals surface area contributed by atoms with Gasteiger partial charge in [-0.25, -0.2) is 4.98 Å². The van der Waals surface area contributed by atoms with Crippen LogP contribution in [0.5, 0.6) is 0 Å². The maximum atomic E-state index is 4.35. The Morgan fingerprint density at radius 1 is 1.15 bits per heavy atom. The van der Waals surface area contributed by atoms with Gasteiger partial charge in [-0.1, -0.05) is 24.3 Å². The van der Waals surface area contributed by atoms with E-state index in [0.717, 1.165) is 12.4 Å². The summed E-state index contributed by atoms with van der Waals surface area (Å²) in [5.41, 5.74) is 3.08. The van der Waals surface area contributed by atoms with Gasteiger partial charge in [-0.3, -0.25) is 10.00 Å². The first-order chi connectivity index (χ1) is 9.90. The zero-order chi connectivity index (χ0) is 13.4. The Labute approximate surface area is 119 Å². The Hall–Kier alpha value is -1.68. The van der Waals surface area contributed by atoms with Crippen molar-refractivity contribution in [1.82, 2.24) is 20.1 Å². The Kier molecular flexibility index (Phi) is 3.03. The molecule has 1 aliphatic heterocycles. The van der Waals surface area contributed by atoms with Crippen molar-refractivity contribution in [3.63, 3.8) is 0 Å². The Morgan fingerprint density at radius 2 is 1.95 bits per heavy atom. The van der Waals surface area contributed by atoms with Crippen LogP contribution in [-0.2, 0) is 12.8 Å². The molecule has 1 N–H and O–H groups in total. The molecule has 1 aliphatic carbocycles. The van der Waals surface area contributed by atoms with Gasteiger partial charge in [0.25, 0.3) is 0 Å². The molecule has 1 fully saturated rings.